The van der Waals surface area contributed by atoms with E-state index in [1.807, 2.05) is 0 Å². The van der Waals surface area contributed by atoms with Crippen molar-refractivity contribution in [3.8, 4) is 0 Å². The summed E-state index contributed by atoms with van der Waals surface area (Å²) in [5.41, 5.74) is 0.123. The van der Waals surface area contributed by atoms with E-state index in [4.69, 9.17) is 5.11 Å². The number of carbonyl (C=O) groups is 1. The van der Waals surface area contributed by atoms with Gasteiger partial charge in [-0.1, -0.05) is 6.92 Å². The molecule has 0 fully saturated rings. The van der Waals surface area contributed by atoms with Crippen LogP contribution < -0.4 is 10.6 Å². The average Bonchev–Trinajstić information content (AvgIpc) is 2.39. The van der Waals surface area contributed by atoms with Crippen LogP contribution in [0.5, 0.6) is 0 Å². The van der Waals surface area contributed by atoms with Crippen molar-refractivity contribution in [1.82, 2.24) is 10.6 Å². The van der Waals surface area contributed by atoms with Crippen molar-refractivity contribution in [1.29, 1.82) is 0 Å². The Kier molecular flexibility index (Phi) is 6.38. The Morgan fingerprint density at radius 1 is 1.35 bits per heavy atom. The van der Waals surface area contributed by atoms with Gasteiger partial charge in [0.2, 0.25) is 0 Å². The molecule has 1 aromatic rings. The van der Waals surface area contributed by atoms with E-state index in [1.165, 1.54) is 0 Å². The van der Waals surface area contributed by atoms with Crippen LogP contribution in [0.2, 0.25) is 0 Å². The van der Waals surface area contributed by atoms with Gasteiger partial charge in [-0.3, -0.25) is 0 Å². The predicted molar refractivity (Wildman–Crippen MR) is 72.2 cm³/mol. The molecule has 0 saturated heterocycles. The maximum atomic E-state index is 13.7. The van der Waals surface area contributed by atoms with Crippen LogP contribution in [0.15, 0.2) is 18.2 Å². The Labute approximate surface area is 117 Å². The van der Waals surface area contributed by atoms with Crippen LogP contribution in [0.25, 0.3) is 0 Å². The second-order valence-electron chi connectivity index (χ2n) is 4.66. The minimum absolute atomic E-state index is 0.0306. The molecule has 1 unspecified atom stereocenters. The van der Waals surface area contributed by atoms with Crippen LogP contribution >= 0.6 is 0 Å². The second kappa shape index (κ2) is 7.79. The van der Waals surface area contributed by atoms with E-state index >= 15 is 0 Å². The lowest BCUT2D eigenvalue weighted by Crippen LogP contribution is -2.42. The summed E-state index contributed by atoms with van der Waals surface area (Å²) in [4.78, 5) is 11.7. The molecule has 0 bridgehead atoms. The first-order valence-electron chi connectivity index (χ1n) is 6.60. The number of urea groups is 1. The summed E-state index contributed by atoms with van der Waals surface area (Å²) in [6.45, 7) is 3.49. The molecule has 0 heterocycles. The third-order valence-corrected chi connectivity index (χ3v) is 2.99. The normalized spacial score (nSPS) is 13.7. The molecule has 1 rings (SSSR count). The third-order valence-electron chi connectivity index (χ3n) is 2.99. The van der Waals surface area contributed by atoms with Gasteiger partial charge >= 0.3 is 6.03 Å². The summed E-state index contributed by atoms with van der Waals surface area (Å²) in [6, 6.07) is 1.89. The van der Waals surface area contributed by atoms with Crippen LogP contribution in [0.1, 0.15) is 38.3 Å². The molecule has 2 amide bonds. The Bertz CT molecular complexity index is 455. The minimum Gasteiger partial charge on any atom is -0.396 e. The Morgan fingerprint density at radius 2 is 2.05 bits per heavy atom. The lowest BCUT2D eigenvalue weighted by molar-refractivity contribution is 0.227. The fourth-order valence-corrected chi connectivity index (χ4v) is 1.87. The van der Waals surface area contributed by atoms with Gasteiger partial charge in [0.05, 0.1) is 6.04 Å². The van der Waals surface area contributed by atoms with Gasteiger partial charge in [0.1, 0.15) is 11.6 Å². The Morgan fingerprint density at radius 3 is 2.65 bits per heavy atom. The van der Waals surface area contributed by atoms with E-state index in [1.54, 1.807) is 13.8 Å². The van der Waals surface area contributed by atoms with Gasteiger partial charge in [0, 0.05) is 18.2 Å². The quantitative estimate of drug-likeness (QED) is 0.752. The molecule has 4 nitrogen and oxygen atoms in total. The molecule has 3 N–H and O–H groups in total. The molecule has 2 atom stereocenters. The first-order chi connectivity index (χ1) is 9.47. The van der Waals surface area contributed by atoms with Gasteiger partial charge in [-0.25, -0.2) is 13.6 Å². The van der Waals surface area contributed by atoms with Gasteiger partial charge < -0.3 is 15.7 Å². The molecule has 0 aliphatic rings. The molecule has 112 valence electrons. The molecule has 0 radical (unpaired) electrons. The number of hydrogen-bond acceptors (Lipinski definition) is 2. The topological polar surface area (TPSA) is 61.4 Å². The van der Waals surface area contributed by atoms with Gasteiger partial charge in [-0.05, 0) is 38.0 Å². The highest BCUT2D eigenvalue weighted by Crippen LogP contribution is 2.21. The van der Waals surface area contributed by atoms with E-state index < -0.39 is 23.7 Å². The van der Waals surface area contributed by atoms with Crippen molar-refractivity contribution in [3.05, 3.63) is 35.4 Å². The Hall–Kier alpha value is -1.69. The van der Waals surface area contributed by atoms with Gasteiger partial charge in [-0.15, -0.1) is 0 Å². The van der Waals surface area contributed by atoms with E-state index in [-0.39, 0.29) is 18.2 Å². The van der Waals surface area contributed by atoms with Crippen molar-refractivity contribution >= 4 is 6.03 Å². The van der Waals surface area contributed by atoms with E-state index in [0.29, 0.717) is 12.8 Å². The summed E-state index contributed by atoms with van der Waals surface area (Å²) >= 11 is 0. The zero-order valence-corrected chi connectivity index (χ0v) is 11.6. The molecule has 1 aromatic carbocycles. The standard InChI is InChI=1S/C14H20F2N2O2/c1-3-13(11-8-10(15)4-5-12(11)16)18-14(20)17-9(2)6-7-19/h4-5,8-9,13,19H,3,6-7H2,1-2H3,(H2,17,18,20)/t9-,13?/m1/s1. The minimum atomic E-state index is -0.605. The monoisotopic (exact) mass is 286 g/mol. The second-order valence-corrected chi connectivity index (χ2v) is 4.66. The van der Waals surface area contributed by atoms with Crippen molar-refractivity contribution in [2.24, 2.45) is 0 Å². The number of carbonyl (C=O) groups excluding carboxylic acids is 1. The third kappa shape index (κ3) is 4.77. The zero-order valence-electron chi connectivity index (χ0n) is 11.6. The predicted octanol–water partition coefficient (Wildman–Crippen LogP) is 2.49. The molecule has 0 spiro atoms. The van der Waals surface area contributed by atoms with E-state index in [0.717, 1.165) is 18.2 Å². The average molecular weight is 286 g/mol. The van der Waals surface area contributed by atoms with Gasteiger partial charge in [0.25, 0.3) is 0 Å². The molecular formula is C14H20F2N2O2. The number of hydrogen-bond donors (Lipinski definition) is 3. The number of rotatable bonds is 6. The van der Waals surface area contributed by atoms with Crippen LogP contribution in [-0.2, 0) is 0 Å². The number of halogens is 2. The molecule has 6 heteroatoms. The summed E-state index contributed by atoms with van der Waals surface area (Å²) < 4.78 is 26.8. The summed E-state index contributed by atoms with van der Waals surface area (Å²) in [7, 11) is 0. The fraction of sp³-hybridized carbons (Fsp3) is 0.500. The smallest absolute Gasteiger partial charge is 0.315 e. The number of nitrogens with one attached hydrogen (secondary N) is 2. The molecule has 20 heavy (non-hydrogen) atoms. The van der Waals surface area contributed by atoms with Crippen molar-refractivity contribution in [3.63, 3.8) is 0 Å². The van der Waals surface area contributed by atoms with Crippen molar-refractivity contribution in [2.75, 3.05) is 6.61 Å². The summed E-state index contributed by atoms with van der Waals surface area (Å²) in [5, 5.41) is 14.0. The molecule has 0 aliphatic heterocycles. The van der Waals surface area contributed by atoms with Crippen molar-refractivity contribution in [2.45, 2.75) is 38.8 Å². The van der Waals surface area contributed by atoms with Gasteiger partial charge in [0.15, 0.2) is 0 Å². The summed E-state index contributed by atoms with van der Waals surface area (Å²) in [6.07, 6.45) is 0.862. The van der Waals surface area contributed by atoms with Gasteiger partial charge in [-0.2, -0.15) is 0 Å². The first kappa shape index (κ1) is 16.4. The SMILES string of the molecule is CCC(NC(=O)N[C@H](C)CCO)c1cc(F)ccc1F. The highest BCUT2D eigenvalue weighted by Gasteiger charge is 2.18. The lowest BCUT2D eigenvalue weighted by atomic mass is 10.0. The van der Waals surface area contributed by atoms with Crippen LogP contribution in [0, 0.1) is 11.6 Å². The van der Waals surface area contributed by atoms with Crippen LogP contribution in [0.3, 0.4) is 0 Å². The largest absolute Gasteiger partial charge is 0.396 e. The van der Waals surface area contributed by atoms with Crippen molar-refractivity contribution < 1.29 is 18.7 Å². The fourth-order valence-electron chi connectivity index (χ4n) is 1.87. The summed E-state index contributed by atoms with van der Waals surface area (Å²) in [5.74, 6) is -1.10. The van der Waals surface area contributed by atoms with E-state index in [2.05, 4.69) is 10.6 Å². The molecule has 0 aromatic heterocycles. The molecule has 0 aliphatic carbocycles. The lowest BCUT2D eigenvalue weighted by Gasteiger charge is -2.20. The number of benzene rings is 1. The number of aliphatic hydroxyl groups excluding tert-OH is 1. The highest BCUT2D eigenvalue weighted by atomic mass is 19.1. The highest BCUT2D eigenvalue weighted by molar-refractivity contribution is 5.74. The Balaban J connectivity index is 2.72. The van der Waals surface area contributed by atoms with E-state index in [9.17, 15) is 13.6 Å². The number of amides is 2. The molecule has 0 saturated carbocycles. The van der Waals surface area contributed by atoms with Crippen LogP contribution in [0.4, 0.5) is 13.6 Å². The van der Waals surface area contributed by atoms with Crippen LogP contribution in [-0.4, -0.2) is 23.8 Å². The zero-order chi connectivity index (χ0) is 15.1. The molecular weight excluding hydrogens is 266 g/mol. The maximum Gasteiger partial charge on any atom is 0.315 e. The number of aliphatic hydroxyl groups is 1. The maximum absolute atomic E-state index is 13.7. The first-order valence-corrected chi connectivity index (χ1v) is 6.60.